The third kappa shape index (κ3) is 8.48. The van der Waals surface area contributed by atoms with Crippen LogP contribution in [0.3, 0.4) is 0 Å². The van der Waals surface area contributed by atoms with Crippen molar-refractivity contribution in [3.8, 4) is 17.2 Å². The Bertz CT molecular complexity index is 1270. The van der Waals surface area contributed by atoms with Gasteiger partial charge in [0, 0.05) is 5.56 Å². The van der Waals surface area contributed by atoms with Crippen molar-refractivity contribution in [2.24, 2.45) is 5.10 Å². The van der Waals surface area contributed by atoms with Gasteiger partial charge in [-0.15, -0.1) is 0 Å². The molecular weight excluding hydrogens is 486 g/mol. The van der Waals surface area contributed by atoms with Gasteiger partial charge >= 0.3 is 5.97 Å². The summed E-state index contributed by atoms with van der Waals surface area (Å²) in [5, 5.41) is 6.44. The molecule has 0 aromatic heterocycles. The number of hydrogen-bond acceptors (Lipinski definition) is 7. The molecule has 0 aliphatic heterocycles. The van der Waals surface area contributed by atoms with Crippen molar-refractivity contribution < 1.29 is 28.6 Å². The van der Waals surface area contributed by atoms with E-state index in [1.54, 1.807) is 54.6 Å². The summed E-state index contributed by atoms with van der Waals surface area (Å²) < 4.78 is 16.5. The molecule has 0 saturated carbocycles. The lowest BCUT2D eigenvalue weighted by atomic mass is 10.1. The fourth-order valence-corrected chi connectivity index (χ4v) is 3.22. The first-order valence-corrected chi connectivity index (χ1v) is 12.2. The number of nitrogens with one attached hydrogen (secondary N) is 2. The molecule has 0 aliphatic rings. The number of hydrogen-bond donors (Lipinski definition) is 2. The van der Waals surface area contributed by atoms with E-state index in [0.29, 0.717) is 34.8 Å². The normalized spacial score (nSPS) is 10.6. The highest BCUT2D eigenvalue weighted by atomic mass is 16.6. The molecule has 3 aromatic rings. The van der Waals surface area contributed by atoms with Gasteiger partial charge in [-0.1, -0.05) is 31.0 Å². The van der Waals surface area contributed by atoms with E-state index in [-0.39, 0.29) is 18.2 Å². The molecule has 2 amide bonds. The molecule has 0 spiro atoms. The molecule has 0 atom stereocenters. The van der Waals surface area contributed by atoms with Crippen LogP contribution in [-0.4, -0.2) is 44.3 Å². The first kappa shape index (κ1) is 27.9. The summed E-state index contributed by atoms with van der Waals surface area (Å²) in [6, 6.07) is 18.6. The van der Waals surface area contributed by atoms with Crippen molar-refractivity contribution in [2.75, 3.05) is 20.3 Å². The van der Waals surface area contributed by atoms with Crippen LogP contribution < -0.4 is 25.0 Å². The Labute approximate surface area is 221 Å². The van der Waals surface area contributed by atoms with Crippen LogP contribution in [-0.2, 0) is 4.79 Å². The van der Waals surface area contributed by atoms with Gasteiger partial charge in [-0.2, -0.15) is 5.10 Å². The Morgan fingerprint density at radius 3 is 2.32 bits per heavy atom. The van der Waals surface area contributed by atoms with Crippen molar-refractivity contribution in [3.05, 3.63) is 89.0 Å². The lowest BCUT2D eigenvalue weighted by molar-refractivity contribution is -0.120. The minimum absolute atomic E-state index is 0.228. The Kier molecular flexibility index (Phi) is 10.4. The molecule has 0 radical (unpaired) electrons. The monoisotopic (exact) mass is 517 g/mol. The quantitative estimate of drug-likeness (QED) is 0.122. The zero-order valence-corrected chi connectivity index (χ0v) is 21.7. The van der Waals surface area contributed by atoms with Gasteiger partial charge in [-0.25, -0.2) is 10.2 Å². The van der Waals surface area contributed by atoms with Crippen LogP contribution >= 0.6 is 0 Å². The summed E-state index contributed by atoms with van der Waals surface area (Å²) in [6.07, 6.45) is 3.41. The molecule has 0 saturated heterocycles. The number of amides is 2. The van der Waals surface area contributed by atoms with Gasteiger partial charge in [-0.05, 0) is 73.5 Å². The van der Waals surface area contributed by atoms with Crippen LogP contribution in [0.5, 0.6) is 17.2 Å². The van der Waals surface area contributed by atoms with Gasteiger partial charge < -0.3 is 19.5 Å². The standard InChI is InChI=1S/C29H31N3O6/c1-4-5-16-37-24-13-11-23(12-14-24)29(35)38-25-15-8-21(17-26(25)36-3)18-31-32-27(33)19-30-28(34)22-9-6-20(2)7-10-22/h6-15,17-18H,4-5,16,19H2,1-3H3,(H,30,34)(H,32,33). The van der Waals surface area contributed by atoms with Crippen molar-refractivity contribution >= 4 is 24.0 Å². The van der Waals surface area contributed by atoms with E-state index in [1.165, 1.54) is 13.3 Å². The predicted octanol–water partition coefficient (Wildman–Crippen LogP) is 4.28. The number of ether oxygens (including phenoxy) is 3. The second-order valence-corrected chi connectivity index (χ2v) is 8.37. The second kappa shape index (κ2) is 14.2. The predicted molar refractivity (Wildman–Crippen MR) is 144 cm³/mol. The molecule has 0 aliphatic carbocycles. The van der Waals surface area contributed by atoms with E-state index in [9.17, 15) is 14.4 Å². The molecule has 38 heavy (non-hydrogen) atoms. The second-order valence-electron chi connectivity index (χ2n) is 8.37. The Morgan fingerprint density at radius 2 is 1.63 bits per heavy atom. The van der Waals surface area contributed by atoms with E-state index in [4.69, 9.17) is 14.2 Å². The molecule has 3 rings (SSSR count). The number of carbonyl (C=O) groups is 3. The summed E-state index contributed by atoms with van der Waals surface area (Å²) in [5.74, 6) is -0.128. The highest BCUT2D eigenvalue weighted by molar-refractivity contribution is 5.96. The van der Waals surface area contributed by atoms with Crippen molar-refractivity contribution in [3.63, 3.8) is 0 Å². The van der Waals surface area contributed by atoms with Crippen LogP contribution in [0, 0.1) is 6.92 Å². The van der Waals surface area contributed by atoms with Gasteiger partial charge in [-0.3, -0.25) is 9.59 Å². The van der Waals surface area contributed by atoms with E-state index >= 15 is 0 Å². The van der Waals surface area contributed by atoms with Gasteiger partial charge in [0.1, 0.15) is 5.75 Å². The lowest BCUT2D eigenvalue weighted by Gasteiger charge is -2.10. The number of unbranched alkanes of at least 4 members (excludes halogenated alkanes) is 1. The van der Waals surface area contributed by atoms with Crippen LogP contribution in [0.15, 0.2) is 71.8 Å². The molecule has 3 aromatic carbocycles. The summed E-state index contributed by atoms with van der Waals surface area (Å²) in [5.41, 5.74) is 4.82. The SMILES string of the molecule is CCCCOc1ccc(C(=O)Oc2ccc(C=NNC(=O)CNC(=O)c3ccc(C)cc3)cc2OC)cc1. The lowest BCUT2D eigenvalue weighted by Crippen LogP contribution is -2.34. The molecule has 2 N–H and O–H groups in total. The number of aryl methyl sites for hydroxylation is 1. The van der Waals surface area contributed by atoms with E-state index in [2.05, 4.69) is 22.8 Å². The fourth-order valence-electron chi connectivity index (χ4n) is 3.22. The summed E-state index contributed by atoms with van der Waals surface area (Å²) >= 11 is 0. The van der Waals surface area contributed by atoms with E-state index in [0.717, 1.165) is 18.4 Å². The first-order valence-electron chi connectivity index (χ1n) is 12.2. The van der Waals surface area contributed by atoms with Gasteiger partial charge in [0.2, 0.25) is 0 Å². The van der Waals surface area contributed by atoms with Crippen LogP contribution in [0.4, 0.5) is 0 Å². The molecular formula is C29H31N3O6. The van der Waals surface area contributed by atoms with Crippen LogP contribution in [0.25, 0.3) is 0 Å². The highest BCUT2D eigenvalue weighted by Crippen LogP contribution is 2.28. The highest BCUT2D eigenvalue weighted by Gasteiger charge is 2.13. The molecule has 0 fully saturated rings. The van der Waals surface area contributed by atoms with Gasteiger partial charge in [0.15, 0.2) is 11.5 Å². The maximum atomic E-state index is 12.6. The molecule has 0 bridgehead atoms. The minimum Gasteiger partial charge on any atom is -0.494 e. The van der Waals surface area contributed by atoms with Crippen LogP contribution in [0.1, 0.15) is 51.6 Å². The molecule has 0 unspecified atom stereocenters. The van der Waals surface area contributed by atoms with Gasteiger partial charge in [0.05, 0.1) is 32.0 Å². The smallest absolute Gasteiger partial charge is 0.343 e. The minimum atomic E-state index is -0.537. The largest absolute Gasteiger partial charge is 0.494 e. The number of carbonyl (C=O) groups excluding carboxylic acids is 3. The Morgan fingerprint density at radius 1 is 0.921 bits per heavy atom. The Hall–Kier alpha value is -4.66. The van der Waals surface area contributed by atoms with Crippen molar-refractivity contribution in [1.82, 2.24) is 10.7 Å². The van der Waals surface area contributed by atoms with Crippen molar-refractivity contribution in [1.29, 1.82) is 0 Å². The summed E-state index contributed by atoms with van der Waals surface area (Å²) in [7, 11) is 1.45. The average molecular weight is 518 g/mol. The number of benzene rings is 3. The fraction of sp³-hybridized carbons (Fsp3) is 0.241. The molecule has 0 heterocycles. The van der Waals surface area contributed by atoms with E-state index < -0.39 is 11.9 Å². The molecule has 198 valence electrons. The summed E-state index contributed by atoms with van der Waals surface area (Å²) in [4.78, 5) is 36.7. The van der Waals surface area contributed by atoms with Gasteiger partial charge in [0.25, 0.3) is 11.8 Å². The first-order chi connectivity index (χ1) is 18.4. The third-order valence-corrected chi connectivity index (χ3v) is 5.37. The zero-order chi connectivity index (χ0) is 27.3. The van der Waals surface area contributed by atoms with E-state index in [1.807, 2.05) is 19.1 Å². The Balaban J connectivity index is 1.51. The van der Waals surface area contributed by atoms with Crippen molar-refractivity contribution in [2.45, 2.75) is 26.7 Å². The number of methoxy groups -OCH3 is 1. The number of nitrogens with zero attached hydrogens (tertiary/aromatic N) is 1. The molecule has 9 nitrogen and oxygen atoms in total. The topological polar surface area (TPSA) is 115 Å². The zero-order valence-electron chi connectivity index (χ0n) is 21.7. The van der Waals surface area contributed by atoms with Crippen LogP contribution in [0.2, 0.25) is 0 Å². The number of hydrazone groups is 1. The number of esters is 1. The molecule has 9 heteroatoms. The average Bonchev–Trinajstić information content (AvgIpc) is 2.93. The third-order valence-electron chi connectivity index (χ3n) is 5.37. The summed E-state index contributed by atoms with van der Waals surface area (Å²) in [6.45, 7) is 4.41. The maximum Gasteiger partial charge on any atom is 0.343 e. The maximum absolute atomic E-state index is 12.6. The number of rotatable bonds is 12.